The van der Waals surface area contributed by atoms with Gasteiger partial charge in [0, 0.05) is 17.1 Å². The standard InChI is InChI=1S/C15H22N2O/c1-10(2)9-18-14-12(15(3,4)5)8-11-6-7-16-13(11)17-14/h6-8,10H,9H2,1-5H3,(H,16,17). The fourth-order valence-corrected chi connectivity index (χ4v) is 1.86. The Morgan fingerprint density at radius 3 is 2.67 bits per heavy atom. The minimum atomic E-state index is 0.0325. The molecule has 0 aliphatic heterocycles. The normalized spacial score (nSPS) is 12.3. The molecular weight excluding hydrogens is 224 g/mol. The lowest BCUT2D eigenvalue weighted by molar-refractivity contribution is 0.255. The Hall–Kier alpha value is -1.51. The van der Waals surface area contributed by atoms with Crippen molar-refractivity contribution in [3.63, 3.8) is 0 Å². The number of hydrogen-bond acceptors (Lipinski definition) is 2. The van der Waals surface area contributed by atoms with Crippen LogP contribution in [0.4, 0.5) is 0 Å². The topological polar surface area (TPSA) is 37.9 Å². The lowest BCUT2D eigenvalue weighted by Crippen LogP contribution is -2.16. The number of hydrogen-bond donors (Lipinski definition) is 1. The molecule has 0 saturated carbocycles. The van der Waals surface area contributed by atoms with Crippen molar-refractivity contribution in [3.05, 3.63) is 23.9 Å². The zero-order valence-corrected chi connectivity index (χ0v) is 11.9. The third-order valence-corrected chi connectivity index (χ3v) is 2.86. The first kappa shape index (κ1) is 12.9. The van der Waals surface area contributed by atoms with Crippen LogP contribution in [0.15, 0.2) is 18.3 Å². The number of fused-ring (bicyclic) bond motifs is 1. The van der Waals surface area contributed by atoms with Crippen molar-refractivity contribution in [2.45, 2.75) is 40.0 Å². The Balaban J connectivity index is 2.46. The van der Waals surface area contributed by atoms with Gasteiger partial charge in [0.15, 0.2) is 0 Å². The average Bonchev–Trinajstić information content (AvgIpc) is 2.70. The van der Waals surface area contributed by atoms with Gasteiger partial charge in [-0.1, -0.05) is 34.6 Å². The van der Waals surface area contributed by atoms with Crippen molar-refractivity contribution >= 4 is 11.0 Å². The minimum absolute atomic E-state index is 0.0325. The van der Waals surface area contributed by atoms with E-state index < -0.39 is 0 Å². The molecule has 0 atom stereocenters. The van der Waals surface area contributed by atoms with E-state index in [-0.39, 0.29) is 5.41 Å². The van der Waals surface area contributed by atoms with Gasteiger partial charge < -0.3 is 9.72 Å². The molecule has 0 unspecified atom stereocenters. The Kier molecular flexibility index (Phi) is 3.33. The number of pyridine rings is 1. The number of H-pyrrole nitrogens is 1. The summed E-state index contributed by atoms with van der Waals surface area (Å²) >= 11 is 0. The quantitative estimate of drug-likeness (QED) is 0.892. The second kappa shape index (κ2) is 4.63. The van der Waals surface area contributed by atoms with Crippen molar-refractivity contribution in [3.8, 4) is 5.88 Å². The van der Waals surface area contributed by atoms with Crippen LogP contribution in [-0.2, 0) is 5.41 Å². The molecule has 2 aromatic heterocycles. The maximum Gasteiger partial charge on any atom is 0.219 e. The predicted octanol–water partition coefficient (Wildman–Crippen LogP) is 3.90. The van der Waals surface area contributed by atoms with Crippen LogP contribution < -0.4 is 4.74 Å². The molecule has 3 nitrogen and oxygen atoms in total. The van der Waals surface area contributed by atoms with Crippen LogP contribution in [-0.4, -0.2) is 16.6 Å². The molecule has 0 fully saturated rings. The van der Waals surface area contributed by atoms with E-state index >= 15 is 0 Å². The maximum absolute atomic E-state index is 5.87. The molecule has 3 heteroatoms. The maximum atomic E-state index is 5.87. The fraction of sp³-hybridized carbons (Fsp3) is 0.533. The first-order chi connectivity index (χ1) is 8.38. The molecule has 2 aromatic rings. The van der Waals surface area contributed by atoms with Gasteiger partial charge in [-0.25, -0.2) is 0 Å². The Bertz CT molecular complexity index is 535. The highest BCUT2D eigenvalue weighted by Gasteiger charge is 2.21. The van der Waals surface area contributed by atoms with Crippen molar-refractivity contribution in [1.29, 1.82) is 0 Å². The largest absolute Gasteiger partial charge is 0.477 e. The van der Waals surface area contributed by atoms with Crippen LogP contribution in [0.1, 0.15) is 40.2 Å². The second-order valence-electron chi connectivity index (χ2n) is 6.21. The molecule has 2 rings (SSSR count). The summed E-state index contributed by atoms with van der Waals surface area (Å²) in [6.07, 6.45) is 1.91. The Labute approximate surface area is 109 Å². The van der Waals surface area contributed by atoms with Gasteiger partial charge in [-0.15, -0.1) is 0 Å². The Morgan fingerprint density at radius 2 is 2.06 bits per heavy atom. The first-order valence-electron chi connectivity index (χ1n) is 6.49. The number of aromatic nitrogens is 2. The van der Waals surface area contributed by atoms with Crippen molar-refractivity contribution in [1.82, 2.24) is 9.97 Å². The van der Waals surface area contributed by atoms with E-state index in [1.54, 1.807) is 0 Å². The summed E-state index contributed by atoms with van der Waals surface area (Å²) in [5, 5.41) is 1.14. The predicted molar refractivity (Wildman–Crippen MR) is 75.1 cm³/mol. The minimum Gasteiger partial charge on any atom is -0.477 e. The molecule has 1 N–H and O–H groups in total. The van der Waals surface area contributed by atoms with Crippen LogP contribution >= 0.6 is 0 Å². The van der Waals surface area contributed by atoms with Crippen LogP contribution in [0.2, 0.25) is 0 Å². The molecule has 98 valence electrons. The highest BCUT2D eigenvalue weighted by molar-refractivity contribution is 5.77. The van der Waals surface area contributed by atoms with Gasteiger partial charge in [0.2, 0.25) is 5.88 Å². The van der Waals surface area contributed by atoms with E-state index in [0.29, 0.717) is 12.5 Å². The van der Waals surface area contributed by atoms with Crippen molar-refractivity contribution in [2.24, 2.45) is 5.92 Å². The van der Waals surface area contributed by atoms with Gasteiger partial charge in [-0.2, -0.15) is 4.98 Å². The van der Waals surface area contributed by atoms with Gasteiger partial charge in [0.25, 0.3) is 0 Å². The van der Waals surface area contributed by atoms with Crippen molar-refractivity contribution < 1.29 is 4.74 Å². The van der Waals surface area contributed by atoms with Crippen molar-refractivity contribution in [2.75, 3.05) is 6.61 Å². The second-order valence-corrected chi connectivity index (χ2v) is 6.21. The summed E-state index contributed by atoms with van der Waals surface area (Å²) in [4.78, 5) is 7.73. The molecule has 0 aliphatic rings. The number of aromatic amines is 1. The summed E-state index contributed by atoms with van der Waals surface area (Å²) in [6, 6.07) is 4.22. The summed E-state index contributed by atoms with van der Waals surface area (Å²) in [6.45, 7) is 11.5. The van der Waals surface area contributed by atoms with Crippen LogP contribution in [0.3, 0.4) is 0 Å². The van der Waals surface area contributed by atoms with E-state index in [4.69, 9.17) is 4.74 Å². The molecule has 18 heavy (non-hydrogen) atoms. The molecule has 0 spiro atoms. The van der Waals surface area contributed by atoms with Gasteiger partial charge in [-0.05, 0) is 23.5 Å². The smallest absolute Gasteiger partial charge is 0.219 e. The molecule has 0 aromatic carbocycles. The molecule has 0 aliphatic carbocycles. The molecule has 0 radical (unpaired) electrons. The van der Waals surface area contributed by atoms with Gasteiger partial charge in [0.05, 0.1) is 6.61 Å². The number of nitrogens with one attached hydrogen (secondary N) is 1. The molecule has 0 amide bonds. The van der Waals surface area contributed by atoms with Gasteiger partial charge >= 0.3 is 0 Å². The van der Waals surface area contributed by atoms with Gasteiger partial charge in [-0.3, -0.25) is 0 Å². The molecular formula is C15H22N2O. The highest BCUT2D eigenvalue weighted by atomic mass is 16.5. The fourth-order valence-electron chi connectivity index (χ4n) is 1.86. The third kappa shape index (κ3) is 2.66. The molecule has 2 heterocycles. The highest BCUT2D eigenvalue weighted by Crippen LogP contribution is 2.32. The van der Waals surface area contributed by atoms with E-state index in [9.17, 15) is 0 Å². The monoisotopic (exact) mass is 246 g/mol. The number of ether oxygens (including phenoxy) is 1. The lowest BCUT2D eigenvalue weighted by atomic mass is 9.87. The summed E-state index contributed by atoms with van der Waals surface area (Å²) in [5.74, 6) is 1.25. The van der Waals surface area contributed by atoms with Crippen LogP contribution in [0.5, 0.6) is 5.88 Å². The summed E-state index contributed by atoms with van der Waals surface area (Å²) in [5.41, 5.74) is 2.09. The van der Waals surface area contributed by atoms with E-state index in [1.807, 2.05) is 12.3 Å². The lowest BCUT2D eigenvalue weighted by Gasteiger charge is -2.22. The zero-order valence-electron chi connectivity index (χ0n) is 11.9. The SMILES string of the molecule is CC(C)COc1nc2[nH]ccc2cc1C(C)(C)C. The van der Waals surface area contributed by atoms with E-state index in [0.717, 1.165) is 22.5 Å². The first-order valence-corrected chi connectivity index (χ1v) is 6.49. The van der Waals surface area contributed by atoms with Crippen LogP contribution in [0, 0.1) is 5.92 Å². The summed E-state index contributed by atoms with van der Waals surface area (Å²) in [7, 11) is 0. The van der Waals surface area contributed by atoms with Gasteiger partial charge in [0.1, 0.15) is 5.65 Å². The number of rotatable bonds is 3. The zero-order chi connectivity index (χ0) is 13.3. The molecule has 0 saturated heterocycles. The van der Waals surface area contributed by atoms with Crippen LogP contribution in [0.25, 0.3) is 11.0 Å². The van der Waals surface area contributed by atoms with E-state index in [2.05, 4.69) is 50.7 Å². The number of nitrogens with zero attached hydrogens (tertiary/aromatic N) is 1. The Morgan fingerprint density at radius 1 is 1.33 bits per heavy atom. The summed E-state index contributed by atoms with van der Waals surface area (Å²) < 4.78 is 5.87. The molecule has 0 bridgehead atoms. The average molecular weight is 246 g/mol. The third-order valence-electron chi connectivity index (χ3n) is 2.86. The van der Waals surface area contributed by atoms with E-state index in [1.165, 1.54) is 0 Å².